The number of aliphatic carboxylic acids is 1. The van der Waals surface area contributed by atoms with Gasteiger partial charge in [0.2, 0.25) is 3.79 Å². The van der Waals surface area contributed by atoms with Crippen molar-refractivity contribution in [3.63, 3.8) is 0 Å². The molecule has 0 radical (unpaired) electrons. The van der Waals surface area contributed by atoms with Gasteiger partial charge in [-0.05, 0) is 6.08 Å². The van der Waals surface area contributed by atoms with Crippen LogP contribution < -0.4 is 0 Å². The predicted molar refractivity (Wildman–Crippen MR) is 49.8 cm³/mol. The van der Waals surface area contributed by atoms with E-state index in [9.17, 15) is 4.79 Å². The van der Waals surface area contributed by atoms with Gasteiger partial charge in [-0.2, -0.15) is 0 Å². The van der Waals surface area contributed by atoms with Crippen LogP contribution in [0.2, 0.25) is 0 Å². The summed E-state index contributed by atoms with van der Waals surface area (Å²) >= 11 is 18.9. The van der Waals surface area contributed by atoms with Crippen LogP contribution in [0.4, 0.5) is 0 Å². The largest absolute Gasteiger partial charge is 0.478 e. The first kappa shape index (κ1) is 11.6. The first-order valence-corrected chi connectivity index (χ1v) is 4.70. The Bertz CT molecular complexity index is 185. The van der Waals surface area contributed by atoms with Gasteiger partial charge in [0.1, 0.15) is 0 Å². The first-order valence-electron chi connectivity index (χ1n) is 2.44. The standard InChI is InChI=1S/C5H4BrCl3O2/c6-2-3(4(10)11)1-5(7,8)9/h1H,2H2,(H,10,11)/b3-1+. The molecule has 0 aliphatic rings. The van der Waals surface area contributed by atoms with E-state index in [1.807, 2.05) is 0 Å². The third-order valence-corrected chi connectivity index (χ3v) is 1.69. The predicted octanol–water partition coefficient (Wildman–Crippen LogP) is 2.76. The summed E-state index contributed by atoms with van der Waals surface area (Å²) in [6.45, 7) is 0. The van der Waals surface area contributed by atoms with E-state index in [1.54, 1.807) is 0 Å². The van der Waals surface area contributed by atoms with Crippen molar-refractivity contribution in [2.24, 2.45) is 0 Å². The van der Waals surface area contributed by atoms with E-state index in [0.29, 0.717) is 0 Å². The highest BCUT2D eigenvalue weighted by atomic mass is 79.9. The van der Waals surface area contributed by atoms with Crippen LogP contribution in [0.1, 0.15) is 0 Å². The van der Waals surface area contributed by atoms with Gasteiger partial charge in [-0.1, -0.05) is 50.7 Å². The Kier molecular flexibility index (Phi) is 4.78. The highest BCUT2D eigenvalue weighted by Gasteiger charge is 2.19. The summed E-state index contributed by atoms with van der Waals surface area (Å²) in [4.78, 5) is 10.3. The molecule has 0 unspecified atom stereocenters. The Labute approximate surface area is 87.2 Å². The lowest BCUT2D eigenvalue weighted by atomic mass is 10.3. The van der Waals surface area contributed by atoms with E-state index >= 15 is 0 Å². The molecule has 0 saturated carbocycles. The molecule has 0 fully saturated rings. The second kappa shape index (κ2) is 4.55. The van der Waals surface area contributed by atoms with Gasteiger partial charge in [-0.25, -0.2) is 4.79 Å². The van der Waals surface area contributed by atoms with E-state index in [-0.39, 0.29) is 10.9 Å². The summed E-state index contributed by atoms with van der Waals surface area (Å²) in [5.74, 6) is -1.10. The Hall–Kier alpha value is 0.560. The fourth-order valence-corrected chi connectivity index (χ4v) is 1.15. The summed E-state index contributed by atoms with van der Waals surface area (Å²) in [5.41, 5.74) is 0.0185. The van der Waals surface area contributed by atoms with E-state index in [4.69, 9.17) is 39.9 Å². The van der Waals surface area contributed by atoms with Crippen LogP contribution in [0.25, 0.3) is 0 Å². The molecular formula is C5H4BrCl3O2. The zero-order valence-electron chi connectivity index (χ0n) is 5.15. The molecule has 0 rings (SSSR count). The summed E-state index contributed by atoms with van der Waals surface area (Å²) in [6, 6.07) is 0. The smallest absolute Gasteiger partial charge is 0.332 e. The minimum Gasteiger partial charge on any atom is -0.478 e. The van der Waals surface area contributed by atoms with E-state index in [1.165, 1.54) is 0 Å². The van der Waals surface area contributed by atoms with Crippen molar-refractivity contribution in [2.75, 3.05) is 5.33 Å². The molecule has 0 saturated heterocycles. The van der Waals surface area contributed by atoms with Gasteiger partial charge in [0.05, 0.1) is 0 Å². The highest BCUT2D eigenvalue weighted by molar-refractivity contribution is 9.09. The number of carboxylic acid groups (broad SMARTS) is 1. The second-order valence-corrected chi connectivity index (χ2v) is 4.58. The molecule has 64 valence electrons. The van der Waals surface area contributed by atoms with Crippen molar-refractivity contribution in [1.29, 1.82) is 0 Å². The molecule has 0 aromatic carbocycles. The minimum absolute atomic E-state index is 0.0185. The molecule has 0 heterocycles. The molecule has 11 heavy (non-hydrogen) atoms. The van der Waals surface area contributed by atoms with Crippen LogP contribution in [0.5, 0.6) is 0 Å². The fourth-order valence-electron chi connectivity index (χ4n) is 0.355. The number of rotatable bonds is 2. The molecular weight excluding hydrogens is 278 g/mol. The Morgan fingerprint density at radius 2 is 2.00 bits per heavy atom. The number of allylic oxidation sites excluding steroid dienone is 1. The monoisotopic (exact) mass is 280 g/mol. The molecule has 0 aliphatic carbocycles. The van der Waals surface area contributed by atoms with Gasteiger partial charge in [-0.3, -0.25) is 0 Å². The third-order valence-electron chi connectivity index (χ3n) is 0.757. The maximum atomic E-state index is 10.3. The highest BCUT2D eigenvalue weighted by Crippen LogP contribution is 2.29. The average Bonchev–Trinajstić information content (AvgIpc) is 1.80. The van der Waals surface area contributed by atoms with Crippen molar-refractivity contribution < 1.29 is 9.90 Å². The van der Waals surface area contributed by atoms with E-state index in [0.717, 1.165) is 6.08 Å². The van der Waals surface area contributed by atoms with Crippen molar-refractivity contribution in [3.05, 3.63) is 11.6 Å². The van der Waals surface area contributed by atoms with Crippen LogP contribution in [0, 0.1) is 0 Å². The SMILES string of the molecule is O=C(O)/C(=C/C(Cl)(Cl)Cl)CBr. The molecule has 2 nitrogen and oxygen atoms in total. The molecule has 0 spiro atoms. The molecule has 0 amide bonds. The average molecular weight is 282 g/mol. The van der Waals surface area contributed by atoms with Gasteiger partial charge < -0.3 is 5.11 Å². The number of alkyl halides is 4. The van der Waals surface area contributed by atoms with Crippen LogP contribution in [-0.2, 0) is 4.79 Å². The lowest BCUT2D eigenvalue weighted by molar-refractivity contribution is -0.132. The normalized spacial score (nSPS) is 13.3. The van der Waals surface area contributed by atoms with Crippen molar-refractivity contribution in [2.45, 2.75) is 3.79 Å². The third kappa shape index (κ3) is 5.79. The topological polar surface area (TPSA) is 37.3 Å². The number of carboxylic acids is 1. The summed E-state index contributed by atoms with van der Waals surface area (Å²) in [6.07, 6.45) is 1.05. The quantitative estimate of drug-likeness (QED) is 0.624. The van der Waals surface area contributed by atoms with Gasteiger partial charge in [-0.15, -0.1) is 0 Å². The minimum atomic E-state index is -1.65. The maximum Gasteiger partial charge on any atom is 0.332 e. The van der Waals surface area contributed by atoms with Crippen LogP contribution in [0.3, 0.4) is 0 Å². The lowest BCUT2D eigenvalue weighted by Crippen LogP contribution is -2.07. The molecule has 1 N–H and O–H groups in total. The Balaban J connectivity index is 4.49. The molecule has 0 aromatic heterocycles. The van der Waals surface area contributed by atoms with E-state index in [2.05, 4.69) is 15.9 Å². The fraction of sp³-hybridized carbons (Fsp3) is 0.400. The number of halogens is 4. The van der Waals surface area contributed by atoms with Gasteiger partial charge in [0.15, 0.2) is 0 Å². The molecule has 0 aromatic rings. The zero-order chi connectivity index (χ0) is 9.07. The molecule has 0 bridgehead atoms. The van der Waals surface area contributed by atoms with Crippen LogP contribution in [0.15, 0.2) is 11.6 Å². The summed E-state index contributed by atoms with van der Waals surface area (Å²) < 4.78 is -1.65. The Morgan fingerprint density at radius 3 is 2.09 bits per heavy atom. The van der Waals surface area contributed by atoms with E-state index < -0.39 is 9.76 Å². The van der Waals surface area contributed by atoms with Crippen molar-refractivity contribution in [3.8, 4) is 0 Å². The first-order chi connectivity index (χ1) is 4.87. The van der Waals surface area contributed by atoms with Crippen LogP contribution in [-0.4, -0.2) is 20.2 Å². The van der Waals surface area contributed by atoms with Crippen molar-refractivity contribution >= 4 is 56.7 Å². The van der Waals surface area contributed by atoms with Gasteiger partial charge >= 0.3 is 5.97 Å². The van der Waals surface area contributed by atoms with Crippen LogP contribution >= 0.6 is 50.7 Å². The molecule has 0 aliphatic heterocycles. The van der Waals surface area contributed by atoms with Gasteiger partial charge in [0, 0.05) is 10.9 Å². The Morgan fingerprint density at radius 1 is 1.55 bits per heavy atom. The summed E-state index contributed by atoms with van der Waals surface area (Å²) in [5, 5.41) is 8.61. The molecule has 6 heteroatoms. The maximum absolute atomic E-state index is 10.3. The number of carbonyl (C=O) groups is 1. The molecule has 0 atom stereocenters. The number of hydrogen-bond donors (Lipinski definition) is 1. The van der Waals surface area contributed by atoms with Crippen molar-refractivity contribution in [1.82, 2.24) is 0 Å². The zero-order valence-corrected chi connectivity index (χ0v) is 9.01. The second-order valence-electron chi connectivity index (χ2n) is 1.65. The lowest BCUT2D eigenvalue weighted by Gasteiger charge is -2.04. The number of hydrogen-bond acceptors (Lipinski definition) is 1. The summed E-state index contributed by atoms with van der Waals surface area (Å²) in [7, 11) is 0. The van der Waals surface area contributed by atoms with Gasteiger partial charge in [0.25, 0.3) is 0 Å².